The first-order valence-electron chi connectivity index (χ1n) is 6.63. The summed E-state index contributed by atoms with van der Waals surface area (Å²) < 4.78 is 0. The third kappa shape index (κ3) is 6.82. The second-order valence-corrected chi connectivity index (χ2v) is 5.38. The Kier molecular flexibility index (Phi) is 5.83. The Balaban J connectivity index is 2.60. The van der Waals surface area contributed by atoms with Crippen molar-refractivity contribution in [2.24, 2.45) is 0 Å². The minimum atomic E-state index is -0.768. The van der Waals surface area contributed by atoms with Crippen LogP contribution >= 0.6 is 0 Å². The molecule has 1 aromatic carbocycles. The lowest BCUT2D eigenvalue weighted by molar-refractivity contribution is -0.137. The predicted molar refractivity (Wildman–Crippen MR) is 76.4 cm³/mol. The first kappa shape index (κ1) is 15.5. The molecule has 0 aliphatic carbocycles. The number of carbonyl (C=O) groups is 1. The van der Waals surface area contributed by atoms with Gasteiger partial charge < -0.3 is 15.1 Å². The summed E-state index contributed by atoms with van der Waals surface area (Å²) >= 11 is 0. The molecular weight excluding hydrogens is 242 g/mol. The van der Waals surface area contributed by atoms with Crippen LogP contribution in [0.15, 0.2) is 30.3 Å². The van der Waals surface area contributed by atoms with Crippen molar-refractivity contribution in [3.63, 3.8) is 0 Å². The summed E-state index contributed by atoms with van der Waals surface area (Å²) in [6.07, 6.45) is 1.43. The number of carboxylic acid groups (broad SMARTS) is 1. The molecule has 0 amide bonds. The number of aliphatic hydroxyl groups is 1. The molecule has 1 aromatic rings. The molecule has 0 saturated carbocycles. The van der Waals surface area contributed by atoms with Gasteiger partial charge in [-0.2, -0.15) is 0 Å². The molecule has 106 valence electrons. The Labute approximate surface area is 114 Å². The molecule has 0 saturated heterocycles. The van der Waals surface area contributed by atoms with Crippen LogP contribution in [0.3, 0.4) is 0 Å². The summed E-state index contributed by atoms with van der Waals surface area (Å²) in [7, 11) is 0. The van der Waals surface area contributed by atoms with Crippen molar-refractivity contribution in [3.8, 4) is 0 Å². The summed E-state index contributed by atoms with van der Waals surface area (Å²) in [6, 6.07) is 9.89. The summed E-state index contributed by atoms with van der Waals surface area (Å²) in [4.78, 5) is 12.7. The van der Waals surface area contributed by atoms with Crippen molar-refractivity contribution < 1.29 is 15.0 Å². The fourth-order valence-electron chi connectivity index (χ4n) is 1.84. The van der Waals surface area contributed by atoms with Crippen molar-refractivity contribution >= 4 is 11.7 Å². The largest absolute Gasteiger partial charge is 0.481 e. The van der Waals surface area contributed by atoms with Gasteiger partial charge in [0, 0.05) is 25.2 Å². The number of anilines is 1. The van der Waals surface area contributed by atoms with E-state index in [0.29, 0.717) is 25.9 Å². The highest BCUT2D eigenvalue weighted by atomic mass is 16.4. The average molecular weight is 265 g/mol. The van der Waals surface area contributed by atoms with E-state index in [-0.39, 0.29) is 6.42 Å². The maximum absolute atomic E-state index is 10.6. The molecule has 0 spiro atoms. The zero-order chi connectivity index (χ0) is 14.3. The second-order valence-electron chi connectivity index (χ2n) is 5.38. The summed E-state index contributed by atoms with van der Waals surface area (Å²) in [5.41, 5.74) is 0.358. The van der Waals surface area contributed by atoms with Crippen molar-refractivity contribution in [1.29, 1.82) is 0 Å². The Hall–Kier alpha value is -1.55. The van der Waals surface area contributed by atoms with Gasteiger partial charge in [-0.05, 0) is 38.8 Å². The Morgan fingerprint density at radius 3 is 2.37 bits per heavy atom. The number of benzene rings is 1. The maximum Gasteiger partial charge on any atom is 0.303 e. The molecule has 0 aromatic heterocycles. The number of para-hydroxylation sites is 1. The second kappa shape index (κ2) is 7.14. The standard InChI is InChI=1S/C15H23NO3/c1-15(2,19)10-12-16(11-6-9-14(17)18)13-7-4-3-5-8-13/h3-5,7-8,19H,6,9-12H2,1-2H3,(H,17,18). The molecule has 0 heterocycles. The molecule has 0 fully saturated rings. The number of rotatable bonds is 8. The van der Waals surface area contributed by atoms with Crippen molar-refractivity contribution in [1.82, 2.24) is 0 Å². The summed E-state index contributed by atoms with van der Waals surface area (Å²) in [5, 5.41) is 18.5. The van der Waals surface area contributed by atoms with E-state index < -0.39 is 11.6 Å². The minimum absolute atomic E-state index is 0.172. The van der Waals surface area contributed by atoms with Crippen LogP contribution in [0, 0.1) is 0 Å². The lowest BCUT2D eigenvalue weighted by Gasteiger charge is -2.28. The molecule has 0 atom stereocenters. The van der Waals surface area contributed by atoms with Crippen LogP contribution < -0.4 is 4.90 Å². The van der Waals surface area contributed by atoms with Gasteiger partial charge in [0.15, 0.2) is 0 Å². The summed E-state index contributed by atoms with van der Waals surface area (Å²) in [5.74, 6) is -0.768. The smallest absolute Gasteiger partial charge is 0.303 e. The first-order chi connectivity index (χ1) is 8.88. The van der Waals surface area contributed by atoms with Crippen molar-refractivity contribution in [2.75, 3.05) is 18.0 Å². The van der Waals surface area contributed by atoms with Gasteiger partial charge in [0.2, 0.25) is 0 Å². The molecule has 0 aliphatic rings. The van der Waals surface area contributed by atoms with E-state index in [1.54, 1.807) is 13.8 Å². The van der Waals surface area contributed by atoms with Gasteiger partial charge in [-0.25, -0.2) is 0 Å². The molecule has 0 aliphatic heterocycles. The third-order valence-corrected chi connectivity index (χ3v) is 2.93. The van der Waals surface area contributed by atoms with E-state index in [2.05, 4.69) is 4.90 Å². The molecule has 1 rings (SSSR count). The fraction of sp³-hybridized carbons (Fsp3) is 0.533. The van der Waals surface area contributed by atoms with Crippen molar-refractivity contribution in [2.45, 2.75) is 38.7 Å². The van der Waals surface area contributed by atoms with Gasteiger partial charge in [0.25, 0.3) is 0 Å². The van der Waals surface area contributed by atoms with Gasteiger partial charge in [0.05, 0.1) is 5.60 Å². The fourth-order valence-corrected chi connectivity index (χ4v) is 1.84. The Bertz CT molecular complexity index is 384. The number of hydrogen-bond donors (Lipinski definition) is 2. The monoisotopic (exact) mass is 265 g/mol. The van der Waals surface area contributed by atoms with E-state index in [9.17, 15) is 9.90 Å². The number of nitrogens with zero attached hydrogens (tertiary/aromatic N) is 1. The van der Waals surface area contributed by atoms with Gasteiger partial charge in [-0.1, -0.05) is 18.2 Å². The molecular formula is C15H23NO3. The molecule has 2 N–H and O–H groups in total. The molecule has 0 bridgehead atoms. The zero-order valence-corrected chi connectivity index (χ0v) is 11.7. The van der Waals surface area contributed by atoms with Crippen LogP contribution in [0.25, 0.3) is 0 Å². The Morgan fingerprint density at radius 1 is 1.21 bits per heavy atom. The highest BCUT2D eigenvalue weighted by Gasteiger charge is 2.15. The molecule has 4 nitrogen and oxygen atoms in total. The molecule has 0 unspecified atom stereocenters. The normalized spacial score (nSPS) is 11.3. The van der Waals surface area contributed by atoms with E-state index in [0.717, 1.165) is 5.69 Å². The zero-order valence-electron chi connectivity index (χ0n) is 11.7. The SMILES string of the molecule is CC(C)(O)CCN(CCCC(=O)O)c1ccccc1. The van der Waals surface area contributed by atoms with E-state index in [1.165, 1.54) is 0 Å². The van der Waals surface area contributed by atoms with Crippen LogP contribution in [0.1, 0.15) is 33.1 Å². The molecule has 4 heteroatoms. The van der Waals surface area contributed by atoms with E-state index in [1.807, 2.05) is 30.3 Å². The van der Waals surface area contributed by atoms with Gasteiger partial charge in [0.1, 0.15) is 0 Å². The van der Waals surface area contributed by atoms with Gasteiger partial charge >= 0.3 is 5.97 Å². The number of aliphatic carboxylic acids is 1. The number of carboxylic acids is 1. The average Bonchev–Trinajstić information content (AvgIpc) is 2.33. The quantitative estimate of drug-likeness (QED) is 0.758. The molecule has 0 radical (unpaired) electrons. The first-order valence-corrected chi connectivity index (χ1v) is 6.63. The van der Waals surface area contributed by atoms with Crippen LogP contribution in [0.5, 0.6) is 0 Å². The van der Waals surface area contributed by atoms with Crippen LogP contribution in [0.4, 0.5) is 5.69 Å². The van der Waals surface area contributed by atoms with E-state index >= 15 is 0 Å². The topological polar surface area (TPSA) is 60.8 Å². The van der Waals surface area contributed by atoms with Crippen LogP contribution in [-0.2, 0) is 4.79 Å². The minimum Gasteiger partial charge on any atom is -0.481 e. The van der Waals surface area contributed by atoms with E-state index in [4.69, 9.17) is 5.11 Å². The van der Waals surface area contributed by atoms with Crippen LogP contribution in [-0.4, -0.2) is 34.9 Å². The molecule has 19 heavy (non-hydrogen) atoms. The third-order valence-electron chi connectivity index (χ3n) is 2.93. The highest BCUT2D eigenvalue weighted by Crippen LogP contribution is 2.17. The Morgan fingerprint density at radius 2 is 1.84 bits per heavy atom. The lowest BCUT2D eigenvalue weighted by Crippen LogP contribution is -2.32. The predicted octanol–water partition coefficient (Wildman–Crippen LogP) is 2.52. The van der Waals surface area contributed by atoms with Crippen LogP contribution in [0.2, 0.25) is 0 Å². The highest BCUT2D eigenvalue weighted by molar-refractivity contribution is 5.66. The number of hydrogen-bond acceptors (Lipinski definition) is 3. The summed E-state index contributed by atoms with van der Waals surface area (Å²) in [6.45, 7) is 4.97. The maximum atomic E-state index is 10.6. The van der Waals surface area contributed by atoms with Crippen molar-refractivity contribution in [3.05, 3.63) is 30.3 Å². The lowest BCUT2D eigenvalue weighted by atomic mass is 10.1. The van der Waals surface area contributed by atoms with Gasteiger partial charge in [-0.15, -0.1) is 0 Å². The van der Waals surface area contributed by atoms with Gasteiger partial charge in [-0.3, -0.25) is 4.79 Å².